The second-order valence-electron chi connectivity index (χ2n) is 23.8. The van der Waals surface area contributed by atoms with Gasteiger partial charge in [-0.15, -0.1) is 5.54 Å². The van der Waals surface area contributed by atoms with Crippen molar-refractivity contribution in [1.29, 1.82) is 0 Å². The van der Waals surface area contributed by atoms with Crippen LogP contribution in [0.15, 0.2) is 30.5 Å². The van der Waals surface area contributed by atoms with Gasteiger partial charge in [-0.25, -0.2) is 13.6 Å². The summed E-state index contributed by atoms with van der Waals surface area (Å²) in [7, 11) is -0.784. The van der Waals surface area contributed by atoms with Gasteiger partial charge in [0.05, 0.1) is 23.2 Å². The summed E-state index contributed by atoms with van der Waals surface area (Å²) in [4.78, 5) is 36.1. The van der Waals surface area contributed by atoms with E-state index in [1.54, 1.807) is 24.4 Å². The zero-order valence-electron chi connectivity index (χ0n) is 45.5. The van der Waals surface area contributed by atoms with Crippen molar-refractivity contribution in [1.82, 2.24) is 29.7 Å². The molecule has 0 bridgehead atoms. The summed E-state index contributed by atoms with van der Waals surface area (Å²) >= 11 is 0. The smallest absolute Gasteiger partial charge is 0.410 e. The van der Waals surface area contributed by atoms with Gasteiger partial charge < -0.3 is 43.7 Å². The number of benzene rings is 2. The lowest BCUT2D eigenvalue weighted by molar-refractivity contribution is 0.0174. The number of carbonyl (C=O) groups excluding carboxylic acids is 1. The summed E-state index contributed by atoms with van der Waals surface area (Å²) in [5.74, 6) is 3.62. The van der Waals surface area contributed by atoms with Gasteiger partial charge in [0, 0.05) is 88.6 Å². The highest BCUT2D eigenvalue weighted by Crippen LogP contribution is 2.47. The second kappa shape index (κ2) is 22.3. The van der Waals surface area contributed by atoms with E-state index in [2.05, 4.69) is 62.8 Å². The highest BCUT2D eigenvalue weighted by Gasteiger charge is 2.46. The van der Waals surface area contributed by atoms with Crippen molar-refractivity contribution >= 4 is 41.7 Å². The molecule has 73 heavy (non-hydrogen) atoms. The minimum Gasteiger partial charge on any atom is -0.468 e. The molecule has 4 fully saturated rings. The van der Waals surface area contributed by atoms with Gasteiger partial charge in [-0.05, 0) is 125 Å². The Morgan fingerprint density at radius 2 is 1.60 bits per heavy atom. The first-order valence-electron chi connectivity index (χ1n) is 26.9. The molecule has 1 atom stereocenters. The van der Waals surface area contributed by atoms with E-state index in [0.717, 1.165) is 90.9 Å². The number of methoxy groups -OCH3 is 1. The summed E-state index contributed by atoms with van der Waals surface area (Å²) < 4.78 is 57.6. The van der Waals surface area contributed by atoms with Crippen molar-refractivity contribution in [3.63, 3.8) is 0 Å². The number of piperazine rings is 1. The van der Waals surface area contributed by atoms with Crippen LogP contribution in [0.1, 0.15) is 120 Å². The van der Waals surface area contributed by atoms with E-state index in [1.165, 1.54) is 13.2 Å². The third-order valence-electron chi connectivity index (χ3n) is 16.1. The number of hydrogen-bond acceptors (Lipinski definition) is 12. The number of piperidine rings is 2. The van der Waals surface area contributed by atoms with Crippen LogP contribution in [0.3, 0.4) is 0 Å². The number of carbonyl (C=O) groups is 1. The zero-order valence-corrected chi connectivity index (χ0v) is 46.5. The van der Waals surface area contributed by atoms with Gasteiger partial charge in [0.15, 0.2) is 12.6 Å². The van der Waals surface area contributed by atoms with Crippen LogP contribution < -0.4 is 14.4 Å². The Hall–Kier alpha value is -4.66. The minimum atomic E-state index is -2.31. The lowest BCUT2D eigenvalue weighted by atomic mass is 9.93. The van der Waals surface area contributed by atoms with Crippen molar-refractivity contribution in [3.8, 4) is 34.5 Å². The molecule has 0 spiro atoms. The van der Waals surface area contributed by atoms with Crippen LogP contribution >= 0.6 is 0 Å². The summed E-state index contributed by atoms with van der Waals surface area (Å²) in [5.41, 5.74) is 3.63. The zero-order chi connectivity index (χ0) is 52.5. The van der Waals surface area contributed by atoms with Crippen LogP contribution in [-0.4, -0.2) is 146 Å². The molecule has 4 aromatic rings. The third-order valence-corrected chi connectivity index (χ3v) is 22.4. The Balaban J connectivity index is 1.05. The number of rotatable bonds is 16. The number of likely N-dealkylation sites (tertiary alicyclic amines) is 1. The standard InChI is InChI=1S/C57H81F2N7O6Si/c1-38(2)73(39(3)4,40(5)6)30-18-44-47(58)14-13-42-31-43(71-37-69-11)32-45(48(42)44)50-49(59)51-46(33-60-50)52(66-22-12-19-56(10,68)34-66)62-53(61-51)70-36-57(20-21-57)35-64-28-26-63(27-29-64)23-15-41-16-24-65(25-17-41)54(67)72-55(7,8)9/h13-14,31-33,38-41,68H,12,15-17,19-29,34-37H2,1-11H3/t56-/m1/s1. The van der Waals surface area contributed by atoms with Crippen LogP contribution in [0, 0.1) is 34.4 Å². The van der Waals surface area contributed by atoms with Crippen LogP contribution in [0.25, 0.3) is 32.9 Å². The molecule has 4 aliphatic rings. The number of fused-ring (bicyclic) bond motifs is 2. The van der Waals surface area contributed by atoms with E-state index in [0.29, 0.717) is 81.9 Å². The van der Waals surface area contributed by atoms with E-state index in [-0.39, 0.29) is 41.1 Å². The van der Waals surface area contributed by atoms with E-state index < -0.39 is 30.9 Å². The lowest BCUT2D eigenvalue weighted by Crippen LogP contribution is -2.49. The van der Waals surface area contributed by atoms with Crippen molar-refractivity contribution in [3.05, 3.63) is 47.7 Å². The van der Waals surface area contributed by atoms with E-state index in [1.807, 2.05) is 37.5 Å². The number of aromatic nitrogens is 3. The molecular formula is C57H81F2N7O6Si. The molecule has 16 heteroatoms. The molecule has 2 aromatic heterocycles. The van der Waals surface area contributed by atoms with Gasteiger partial charge in [0.25, 0.3) is 0 Å². The number of nitrogens with zero attached hydrogens (tertiary/aromatic N) is 7. The van der Waals surface area contributed by atoms with Crippen molar-refractivity contribution in [2.75, 3.05) is 90.9 Å². The fourth-order valence-electron chi connectivity index (χ4n) is 11.9. The van der Waals surface area contributed by atoms with Crippen LogP contribution in [0.4, 0.5) is 19.4 Å². The molecule has 1 aliphatic carbocycles. The van der Waals surface area contributed by atoms with Gasteiger partial charge in [0.1, 0.15) is 42.3 Å². The second-order valence-corrected chi connectivity index (χ2v) is 29.4. The normalized spacial score (nSPS) is 20.3. The van der Waals surface area contributed by atoms with Crippen molar-refractivity contribution in [2.45, 2.75) is 142 Å². The maximum Gasteiger partial charge on any atom is 0.410 e. The first kappa shape index (κ1) is 54.6. The largest absolute Gasteiger partial charge is 0.468 e. The number of aliphatic hydroxyl groups is 1. The molecule has 1 N–H and O–H groups in total. The minimum absolute atomic E-state index is 0.0241. The van der Waals surface area contributed by atoms with Gasteiger partial charge >= 0.3 is 12.1 Å². The number of hydrogen-bond donors (Lipinski definition) is 1. The van der Waals surface area contributed by atoms with Crippen LogP contribution in [0.2, 0.25) is 16.6 Å². The monoisotopic (exact) mass is 1030 g/mol. The Labute approximate surface area is 433 Å². The van der Waals surface area contributed by atoms with E-state index >= 15 is 8.78 Å². The average Bonchev–Trinajstić information content (AvgIpc) is 4.11. The molecule has 5 heterocycles. The SMILES string of the molecule is COCOc1cc(-c2ncc3c(N4CCC[C@@](C)(O)C4)nc(OCC4(CN5CCN(CCC6CCN(C(=O)OC(C)(C)C)CC6)CC5)CC4)nc3c2F)c2c(C#C[Si](C(C)C)(C(C)C)C(C)C)c(F)ccc2c1. The Kier molecular flexibility index (Phi) is 16.7. The fourth-order valence-corrected chi connectivity index (χ4v) is 17.1. The number of anilines is 1. The highest BCUT2D eigenvalue weighted by molar-refractivity contribution is 6.90. The number of amides is 1. The molecule has 398 valence electrons. The maximum absolute atomic E-state index is 17.9. The first-order chi connectivity index (χ1) is 34.6. The quantitative estimate of drug-likeness (QED) is 0.0652. The first-order valence-corrected chi connectivity index (χ1v) is 29.1. The van der Waals surface area contributed by atoms with Crippen molar-refractivity contribution < 1.29 is 37.6 Å². The molecule has 0 radical (unpaired) electrons. The lowest BCUT2D eigenvalue weighted by Gasteiger charge is -2.38. The summed E-state index contributed by atoms with van der Waals surface area (Å²) in [6.07, 6.45) is 7.92. The molecule has 2 aromatic carbocycles. The summed E-state index contributed by atoms with van der Waals surface area (Å²) in [6, 6.07) is 6.62. The predicted octanol–water partition coefficient (Wildman–Crippen LogP) is 10.8. The molecule has 0 unspecified atom stereocenters. The van der Waals surface area contributed by atoms with Gasteiger partial charge in [0.2, 0.25) is 0 Å². The van der Waals surface area contributed by atoms with Crippen molar-refractivity contribution in [2.24, 2.45) is 11.3 Å². The fraction of sp³-hybridized carbons (Fsp3) is 0.649. The maximum atomic E-state index is 17.9. The number of pyridine rings is 1. The third kappa shape index (κ3) is 12.6. The molecule has 8 rings (SSSR count). The topological polar surface area (TPSA) is 126 Å². The van der Waals surface area contributed by atoms with Crippen LogP contribution in [0.5, 0.6) is 11.8 Å². The predicted molar refractivity (Wildman–Crippen MR) is 288 cm³/mol. The van der Waals surface area contributed by atoms with Gasteiger partial charge in [-0.2, -0.15) is 9.97 Å². The summed E-state index contributed by atoms with van der Waals surface area (Å²) in [6.45, 7) is 29.5. The van der Waals surface area contributed by atoms with E-state index in [9.17, 15) is 9.90 Å². The van der Waals surface area contributed by atoms with Gasteiger partial charge in [-0.3, -0.25) is 4.98 Å². The Morgan fingerprint density at radius 1 is 0.918 bits per heavy atom. The highest BCUT2D eigenvalue weighted by atomic mass is 28.3. The average molecular weight is 1030 g/mol. The Morgan fingerprint density at radius 3 is 2.23 bits per heavy atom. The molecule has 1 amide bonds. The number of ether oxygens (including phenoxy) is 4. The van der Waals surface area contributed by atoms with E-state index in [4.69, 9.17) is 33.9 Å². The molecular weight excluding hydrogens is 945 g/mol. The number of β-amino-alcohol motifs (C(OH)–C–C–N with tert-alkyl or cyclic N) is 1. The molecule has 1 saturated carbocycles. The summed E-state index contributed by atoms with van der Waals surface area (Å²) in [5, 5.41) is 12.7. The Bertz CT molecular complexity index is 2640. The van der Waals surface area contributed by atoms with Crippen LogP contribution in [-0.2, 0) is 9.47 Å². The molecule has 3 aliphatic heterocycles. The molecule has 13 nitrogen and oxygen atoms in total. The molecule has 3 saturated heterocycles. The van der Waals surface area contributed by atoms with Gasteiger partial charge in [-0.1, -0.05) is 53.5 Å². The number of halogens is 2.